The largest absolute Gasteiger partial charge is 0.352 e. The summed E-state index contributed by atoms with van der Waals surface area (Å²) in [7, 11) is -8.38. The van der Waals surface area contributed by atoms with Gasteiger partial charge in [-0.3, -0.25) is 13.9 Å². The van der Waals surface area contributed by atoms with Crippen LogP contribution in [0.15, 0.2) is 188 Å². The molecule has 0 fully saturated rings. The summed E-state index contributed by atoms with van der Waals surface area (Å²) in [6.45, 7) is 17.1. The van der Waals surface area contributed by atoms with Gasteiger partial charge in [0.15, 0.2) is 5.71 Å². The Kier molecular flexibility index (Phi) is 17.2. The Labute approximate surface area is 489 Å². The molecule has 2 heterocycles. The van der Waals surface area contributed by atoms with Crippen molar-refractivity contribution >= 4 is 91.9 Å². The highest BCUT2D eigenvalue weighted by molar-refractivity contribution is 7.86. The van der Waals surface area contributed by atoms with Gasteiger partial charge in [0.25, 0.3) is 20.2 Å². The predicted molar refractivity (Wildman–Crippen MR) is 342 cm³/mol. The minimum Gasteiger partial charge on any atom is -0.352 e. The van der Waals surface area contributed by atoms with Gasteiger partial charge in [-0.25, -0.2) is 0 Å². The van der Waals surface area contributed by atoms with Crippen LogP contribution < -0.4 is 15.5 Å². The van der Waals surface area contributed by atoms with E-state index < -0.39 is 31.1 Å². The molecule has 1 amide bonds. The molecule has 428 valence electrons. The number of carbonyl (C=O) groups is 1. The maximum absolute atomic E-state index is 12.1. The van der Waals surface area contributed by atoms with Crippen LogP contribution in [-0.4, -0.2) is 79.8 Å². The highest BCUT2D eigenvalue weighted by Gasteiger charge is 2.46. The molecular weight excluding hydrogens is 1070 g/mol. The molecule has 0 spiro atoms. The standard InChI is InChI=1S/C70H74N4O7S2/c1-48(2)68(75)72-42-16-41-71-47-61-59-26-13-11-24-56(59)58(57-25-12-14-27-60(57)61)28-15-19-49-29-31-50(32-30-49)51(35-39-64-69(3,4)66-54-22-9-7-20-52(54)33-37-62(66)73(64)43-17-45-82(76,77)78)36-40-65-70(5,6)67-55-23-10-8-21-53(55)34-38-63(67)74(65)44-18-46-83(79,80)81/h7-14,20-27,29-40,71H,1,15-19,28,41-47H2,2-6H3,(H2-,72,75,76,77,78,79,80,81)/p+1. The first-order valence-electron chi connectivity index (χ1n) is 28.8. The molecule has 8 aromatic rings. The Balaban J connectivity index is 0.993. The van der Waals surface area contributed by atoms with Gasteiger partial charge in [-0.1, -0.05) is 154 Å². The maximum atomic E-state index is 12.1. The summed E-state index contributed by atoms with van der Waals surface area (Å²) in [6, 6.07) is 51.4. The summed E-state index contributed by atoms with van der Waals surface area (Å²) in [4.78, 5) is 14.2. The van der Waals surface area contributed by atoms with Crippen molar-refractivity contribution in [2.75, 3.05) is 42.6 Å². The van der Waals surface area contributed by atoms with Gasteiger partial charge in [0, 0.05) is 66.1 Å². The van der Waals surface area contributed by atoms with Crippen molar-refractivity contribution in [2.24, 2.45) is 0 Å². The fraction of sp³-hybridized carbons (Fsp3) is 0.286. The Morgan fingerprint density at radius 3 is 1.81 bits per heavy atom. The van der Waals surface area contributed by atoms with Gasteiger partial charge in [-0.05, 0) is 160 Å². The quantitative estimate of drug-likeness (QED) is 0.0122. The third-order valence-corrected chi connectivity index (χ3v) is 18.4. The van der Waals surface area contributed by atoms with Crippen molar-refractivity contribution in [1.82, 2.24) is 10.6 Å². The predicted octanol–water partition coefficient (Wildman–Crippen LogP) is 13.9. The second kappa shape index (κ2) is 24.4. The van der Waals surface area contributed by atoms with Gasteiger partial charge in [0.05, 0.1) is 16.9 Å². The molecule has 0 aromatic heterocycles. The van der Waals surface area contributed by atoms with E-state index >= 15 is 0 Å². The third kappa shape index (κ3) is 12.7. The Morgan fingerprint density at radius 2 is 1.19 bits per heavy atom. The first-order valence-corrected chi connectivity index (χ1v) is 32.1. The van der Waals surface area contributed by atoms with E-state index in [2.05, 4.69) is 200 Å². The molecule has 2 aliphatic heterocycles. The minimum atomic E-state index is -4.19. The topological polar surface area (TPSA) is 156 Å². The summed E-state index contributed by atoms with van der Waals surface area (Å²) in [5.41, 5.74) is 11.6. The summed E-state index contributed by atoms with van der Waals surface area (Å²) in [6.07, 6.45) is 12.6. The van der Waals surface area contributed by atoms with Gasteiger partial charge in [0.2, 0.25) is 11.6 Å². The highest BCUT2D eigenvalue weighted by atomic mass is 32.2. The summed E-state index contributed by atoms with van der Waals surface area (Å²) in [5, 5.41) is 16.1. The smallest absolute Gasteiger partial charge is 0.265 e. The lowest BCUT2D eigenvalue weighted by molar-refractivity contribution is -0.437. The zero-order valence-electron chi connectivity index (χ0n) is 48.2. The van der Waals surface area contributed by atoms with E-state index in [1.54, 1.807) is 6.92 Å². The molecule has 0 unspecified atom stereocenters. The van der Waals surface area contributed by atoms with Gasteiger partial charge >= 0.3 is 0 Å². The Hall–Kier alpha value is -7.52. The first-order chi connectivity index (χ1) is 39.7. The number of rotatable bonds is 23. The number of aryl methyl sites for hydroxylation is 2. The number of benzene rings is 8. The molecular formula is C70H75N4O7S2+. The van der Waals surface area contributed by atoms with Crippen molar-refractivity contribution in [3.8, 4) is 0 Å². The van der Waals surface area contributed by atoms with Crippen LogP contribution >= 0.6 is 0 Å². The van der Waals surface area contributed by atoms with E-state index in [0.29, 0.717) is 31.8 Å². The number of carbonyl (C=O) groups excluding carboxylic acids is 1. The molecule has 0 atom stereocenters. The van der Waals surface area contributed by atoms with E-state index in [9.17, 15) is 30.7 Å². The number of amides is 1. The van der Waals surface area contributed by atoms with Crippen LogP contribution in [0.25, 0.3) is 48.7 Å². The number of allylic oxidation sites excluding steroid dienone is 6. The first kappa shape index (κ1) is 58.7. The Morgan fingerprint density at radius 1 is 0.627 bits per heavy atom. The number of anilines is 1. The van der Waals surface area contributed by atoms with Crippen LogP contribution in [0, 0.1) is 0 Å². The molecule has 11 nitrogen and oxygen atoms in total. The van der Waals surface area contributed by atoms with Crippen LogP contribution in [0.2, 0.25) is 0 Å². The Bertz CT molecular complexity index is 4140. The second-order valence-electron chi connectivity index (χ2n) is 23.3. The number of hydrogen-bond acceptors (Lipinski definition) is 7. The molecule has 0 radical (unpaired) electrons. The van der Waals surface area contributed by atoms with Crippen molar-refractivity contribution < 1.29 is 35.3 Å². The molecule has 2 aliphatic rings. The van der Waals surface area contributed by atoms with Crippen LogP contribution in [0.5, 0.6) is 0 Å². The number of nitrogens with zero attached hydrogens (tertiary/aromatic N) is 2. The van der Waals surface area contributed by atoms with E-state index in [-0.39, 0.29) is 30.3 Å². The van der Waals surface area contributed by atoms with E-state index in [1.807, 2.05) is 24.3 Å². The van der Waals surface area contributed by atoms with Crippen LogP contribution in [0.4, 0.5) is 11.4 Å². The minimum absolute atomic E-state index is 0.114. The highest BCUT2D eigenvalue weighted by Crippen LogP contribution is 2.51. The third-order valence-electron chi connectivity index (χ3n) is 16.8. The molecule has 0 saturated heterocycles. The van der Waals surface area contributed by atoms with Crippen LogP contribution in [0.1, 0.15) is 93.7 Å². The van der Waals surface area contributed by atoms with Gasteiger partial charge < -0.3 is 15.5 Å². The monoisotopic (exact) mass is 1150 g/mol. The molecule has 8 aromatic carbocycles. The molecule has 0 aliphatic carbocycles. The lowest BCUT2D eigenvalue weighted by Crippen LogP contribution is -2.28. The van der Waals surface area contributed by atoms with E-state index in [4.69, 9.17) is 0 Å². The molecule has 13 heteroatoms. The zero-order chi connectivity index (χ0) is 58.7. The molecule has 10 rings (SSSR count). The summed E-state index contributed by atoms with van der Waals surface area (Å²) >= 11 is 0. The zero-order valence-corrected chi connectivity index (χ0v) is 49.8. The van der Waals surface area contributed by atoms with Crippen molar-refractivity contribution in [1.29, 1.82) is 0 Å². The molecule has 83 heavy (non-hydrogen) atoms. The van der Waals surface area contributed by atoms with Crippen molar-refractivity contribution in [3.63, 3.8) is 0 Å². The summed E-state index contributed by atoms with van der Waals surface area (Å²) in [5.74, 6) is -0.832. The SMILES string of the molecule is C=C(C)C(=O)NCCCNCc1c2ccccc2c(CCCc2ccc(C(C=CC3=[N+](CCCS(=O)(=O)O)c4ccc5ccccc5c4C3(C)C)=CC=C3N(CCCS(=O)(=O)O)c4ccc5ccccc5c4C3(C)C)cc2)c2ccccc12. The van der Waals surface area contributed by atoms with Crippen LogP contribution in [-0.2, 0) is 55.2 Å². The second-order valence-corrected chi connectivity index (χ2v) is 26.4. The van der Waals surface area contributed by atoms with Crippen molar-refractivity contribution in [3.05, 3.63) is 221 Å². The average molecular weight is 1150 g/mol. The fourth-order valence-electron chi connectivity index (χ4n) is 12.8. The number of nitrogens with one attached hydrogen (secondary N) is 2. The molecule has 4 N–H and O–H groups in total. The van der Waals surface area contributed by atoms with E-state index in [0.717, 1.165) is 98.8 Å². The van der Waals surface area contributed by atoms with Gasteiger partial charge in [-0.2, -0.15) is 21.4 Å². The maximum Gasteiger partial charge on any atom is 0.265 e. The van der Waals surface area contributed by atoms with Crippen LogP contribution in [0.3, 0.4) is 0 Å². The van der Waals surface area contributed by atoms with E-state index in [1.165, 1.54) is 38.2 Å². The average Bonchev–Trinajstić information content (AvgIpc) is 3.24. The van der Waals surface area contributed by atoms with Crippen molar-refractivity contribution in [2.45, 2.75) is 90.5 Å². The lowest BCUT2D eigenvalue weighted by atomic mass is 9.79. The number of fused-ring (bicyclic) bond motifs is 8. The normalized spacial score (nSPS) is 15.6. The molecule has 0 saturated carbocycles. The lowest BCUT2D eigenvalue weighted by Gasteiger charge is -2.27. The summed E-state index contributed by atoms with van der Waals surface area (Å²) < 4.78 is 70.2. The fourth-order valence-corrected chi connectivity index (χ4v) is 13.8. The number of hydrogen-bond donors (Lipinski definition) is 4. The van der Waals surface area contributed by atoms with Gasteiger partial charge in [-0.15, -0.1) is 0 Å². The van der Waals surface area contributed by atoms with Gasteiger partial charge in [0.1, 0.15) is 6.54 Å². The molecule has 0 bridgehead atoms.